The predicted molar refractivity (Wildman–Crippen MR) is 89.6 cm³/mol. The topological polar surface area (TPSA) is 23.6 Å². The molecule has 0 aliphatic carbocycles. The summed E-state index contributed by atoms with van der Waals surface area (Å²) in [6.07, 6.45) is 4.09. The SMILES string of the molecule is CCN1CC2(CCC1=O)CCN(Cc1ccc(F)c(C)c1)CC2. The van der Waals surface area contributed by atoms with Crippen molar-refractivity contribution in [2.45, 2.75) is 46.1 Å². The number of likely N-dealkylation sites (tertiary alicyclic amines) is 2. The minimum Gasteiger partial charge on any atom is -0.342 e. The van der Waals surface area contributed by atoms with Crippen LogP contribution in [0.1, 0.15) is 43.7 Å². The van der Waals surface area contributed by atoms with Crippen molar-refractivity contribution in [2.24, 2.45) is 5.41 Å². The Morgan fingerprint density at radius 1 is 1.22 bits per heavy atom. The Kier molecular flexibility index (Phi) is 4.72. The molecule has 3 nitrogen and oxygen atoms in total. The fourth-order valence-corrected chi connectivity index (χ4v) is 4.05. The molecule has 2 aliphatic rings. The summed E-state index contributed by atoms with van der Waals surface area (Å²) >= 11 is 0. The van der Waals surface area contributed by atoms with Gasteiger partial charge in [-0.05, 0) is 68.8 Å². The fourth-order valence-electron chi connectivity index (χ4n) is 4.05. The predicted octanol–water partition coefficient (Wildman–Crippen LogP) is 3.36. The Morgan fingerprint density at radius 2 is 1.96 bits per heavy atom. The van der Waals surface area contributed by atoms with Crippen LogP contribution in [0, 0.1) is 18.2 Å². The summed E-state index contributed by atoms with van der Waals surface area (Å²) in [5.41, 5.74) is 2.24. The first-order valence-electron chi connectivity index (χ1n) is 8.76. The second kappa shape index (κ2) is 6.60. The molecule has 126 valence electrons. The van der Waals surface area contributed by atoms with Crippen molar-refractivity contribution in [1.82, 2.24) is 9.80 Å². The van der Waals surface area contributed by atoms with Crippen LogP contribution in [0.2, 0.25) is 0 Å². The molecule has 23 heavy (non-hydrogen) atoms. The van der Waals surface area contributed by atoms with Gasteiger partial charge in [-0.25, -0.2) is 4.39 Å². The molecule has 1 amide bonds. The Morgan fingerprint density at radius 3 is 2.61 bits per heavy atom. The molecule has 0 radical (unpaired) electrons. The van der Waals surface area contributed by atoms with Crippen LogP contribution in [0.3, 0.4) is 0 Å². The number of nitrogens with zero attached hydrogens (tertiary/aromatic N) is 2. The average Bonchev–Trinajstić information content (AvgIpc) is 2.56. The second-order valence-corrected chi connectivity index (χ2v) is 7.27. The molecule has 0 N–H and O–H groups in total. The molecule has 2 fully saturated rings. The summed E-state index contributed by atoms with van der Waals surface area (Å²) in [7, 11) is 0. The van der Waals surface area contributed by atoms with E-state index in [0.29, 0.717) is 17.7 Å². The zero-order valence-corrected chi connectivity index (χ0v) is 14.3. The molecule has 4 heteroatoms. The first-order valence-corrected chi connectivity index (χ1v) is 8.76. The van der Waals surface area contributed by atoms with E-state index in [9.17, 15) is 9.18 Å². The van der Waals surface area contributed by atoms with Crippen molar-refractivity contribution < 1.29 is 9.18 Å². The normalized spacial score (nSPS) is 21.9. The molecular weight excluding hydrogens is 291 g/mol. The number of halogens is 1. The number of carbonyl (C=O) groups is 1. The van der Waals surface area contributed by atoms with E-state index in [1.807, 2.05) is 24.0 Å². The first-order chi connectivity index (χ1) is 11.0. The summed E-state index contributed by atoms with van der Waals surface area (Å²) in [5.74, 6) is 0.195. The average molecular weight is 318 g/mol. The number of amides is 1. The van der Waals surface area contributed by atoms with Gasteiger partial charge < -0.3 is 4.90 Å². The molecule has 1 spiro atoms. The highest BCUT2D eigenvalue weighted by molar-refractivity contribution is 5.77. The number of benzene rings is 1. The van der Waals surface area contributed by atoms with Crippen molar-refractivity contribution >= 4 is 5.91 Å². The first kappa shape index (κ1) is 16.4. The summed E-state index contributed by atoms with van der Waals surface area (Å²) in [6.45, 7) is 8.70. The van der Waals surface area contributed by atoms with Gasteiger partial charge in [0, 0.05) is 26.1 Å². The van der Waals surface area contributed by atoms with Gasteiger partial charge in [-0.1, -0.05) is 12.1 Å². The van der Waals surface area contributed by atoms with Gasteiger partial charge in [0.25, 0.3) is 0 Å². The van der Waals surface area contributed by atoms with Gasteiger partial charge in [-0.15, -0.1) is 0 Å². The van der Waals surface area contributed by atoms with Crippen LogP contribution < -0.4 is 0 Å². The third kappa shape index (κ3) is 3.57. The molecule has 1 aromatic rings. The second-order valence-electron chi connectivity index (χ2n) is 7.27. The lowest BCUT2D eigenvalue weighted by Crippen LogP contribution is -2.51. The molecule has 2 aliphatic heterocycles. The Balaban J connectivity index is 1.58. The van der Waals surface area contributed by atoms with Crippen LogP contribution in [0.15, 0.2) is 18.2 Å². The Hall–Kier alpha value is -1.42. The van der Waals surface area contributed by atoms with Crippen LogP contribution in [0.4, 0.5) is 4.39 Å². The zero-order chi connectivity index (χ0) is 16.4. The lowest BCUT2D eigenvalue weighted by molar-refractivity contribution is -0.138. The molecular formula is C19H27FN2O. The van der Waals surface area contributed by atoms with E-state index >= 15 is 0 Å². The summed E-state index contributed by atoms with van der Waals surface area (Å²) in [6, 6.07) is 5.42. The number of aryl methyl sites for hydroxylation is 1. The summed E-state index contributed by atoms with van der Waals surface area (Å²) in [5, 5.41) is 0. The summed E-state index contributed by atoms with van der Waals surface area (Å²) < 4.78 is 13.4. The lowest BCUT2D eigenvalue weighted by Gasteiger charge is -2.47. The van der Waals surface area contributed by atoms with E-state index in [1.54, 1.807) is 6.07 Å². The minimum absolute atomic E-state index is 0.127. The van der Waals surface area contributed by atoms with E-state index in [4.69, 9.17) is 0 Å². The summed E-state index contributed by atoms with van der Waals surface area (Å²) in [4.78, 5) is 16.4. The maximum atomic E-state index is 13.4. The van der Waals surface area contributed by atoms with Gasteiger partial charge in [-0.3, -0.25) is 9.69 Å². The van der Waals surface area contributed by atoms with Crippen molar-refractivity contribution in [3.8, 4) is 0 Å². The van der Waals surface area contributed by atoms with Crippen LogP contribution in [0.5, 0.6) is 0 Å². The van der Waals surface area contributed by atoms with Gasteiger partial charge in [-0.2, -0.15) is 0 Å². The minimum atomic E-state index is -0.127. The quantitative estimate of drug-likeness (QED) is 0.853. The molecule has 0 bridgehead atoms. The van der Waals surface area contributed by atoms with Crippen LogP contribution in [-0.4, -0.2) is 41.9 Å². The molecule has 1 aromatic carbocycles. The van der Waals surface area contributed by atoms with E-state index < -0.39 is 0 Å². The van der Waals surface area contributed by atoms with E-state index in [0.717, 1.165) is 57.5 Å². The molecule has 0 saturated carbocycles. The molecule has 3 rings (SSSR count). The Labute approximate surface area is 138 Å². The molecule has 0 unspecified atom stereocenters. The van der Waals surface area contributed by atoms with Crippen molar-refractivity contribution in [2.75, 3.05) is 26.2 Å². The van der Waals surface area contributed by atoms with E-state index in [1.165, 1.54) is 5.56 Å². The number of piperidine rings is 2. The maximum absolute atomic E-state index is 13.4. The van der Waals surface area contributed by atoms with Crippen LogP contribution in [-0.2, 0) is 11.3 Å². The number of hydrogen-bond donors (Lipinski definition) is 0. The number of rotatable bonds is 3. The van der Waals surface area contributed by atoms with Gasteiger partial charge >= 0.3 is 0 Å². The fraction of sp³-hybridized carbons (Fsp3) is 0.632. The number of carbonyl (C=O) groups excluding carboxylic acids is 1. The van der Waals surface area contributed by atoms with Gasteiger partial charge in [0.15, 0.2) is 0 Å². The van der Waals surface area contributed by atoms with E-state index in [2.05, 4.69) is 11.8 Å². The standard InChI is InChI=1S/C19H27FN2O/c1-3-22-14-19(7-6-18(22)23)8-10-21(11-9-19)13-16-4-5-17(20)15(2)12-16/h4-5,12H,3,6-11,13-14H2,1-2H3. The van der Waals surface area contributed by atoms with Crippen molar-refractivity contribution in [1.29, 1.82) is 0 Å². The van der Waals surface area contributed by atoms with Gasteiger partial charge in [0.05, 0.1) is 0 Å². The largest absolute Gasteiger partial charge is 0.342 e. The third-order valence-corrected chi connectivity index (χ3v) is 5.68. The van der Waals surface area contributed by atoms with Gasteiger partial charge in [0.2, 0.25) is 5.91 Å². The maximum Gasteiger partial charge on any atom is 0.222 e. The molecule has 0 atom stereocenters. The van der Waals surface area contributed by atoms with E-state index in [-0.39, 0.29) is 5.82 Å². The highest BCUT2D eigenvalue weighted by Gasteiger charge is 2.40. The Bertz CT molecular complexity index is 579. The lowest BCUT2D eigenvalue weighted by atomic mass is 9.72. The highest BCUT2D eigenvalue weighted by Crippen LogP contribution is 2.40. The smallest absolute Gasteiger partial charge is 0.222 e. The molecule has 2 heterocycles. The van der Waals surface area contributed by atoms with Crippen molar-refractivity contribution in [3.05, 3.63) is 35.1 Å². The highest BCUT2D eigenvalue weighted by atomic mass is 19.1. The van der Waals surface area contributed by atoms with Crippen molar-refractivity contribution in [3.63, 3.8) is 0 Å². The number of hydrogen-bond acceptors (Lipinski definition) is 2. The molecule has 0 aromatic heterocycles. The van der Waals surface area contributed by atoms with Crippen LogP contribution in [0.25, 0.3) is 0 Å². The zero-order valence-electron chi connectivity index (χ0n) is 14.3. The third-order valence-electron chi connectivity index (χ3n) is 5.68. The van der Waals surface area contributed by atoms with Gasteiger partial charge in [0.1, 0.15) is 5.82 Å². The molecule has 2 saturated heterocycles. The van der Waals surface area contributed by atoms with Crippen LogP contribution >= 0.6 is 0 Å². The monoisotopic (exact) mass is 318 g/mol.